The van der Waals surface area contributed by atoms with Crippen molar-refractivity contribution in [3.05, 3.63) is 28.7 Å². The number of hydrogen-bond acceptors (Lipinski definition) is 6. The maximum atomic E-state index is 13.0. The number of rotatable bonds is 2. The lowest BCUT2D eigenvalue weighted by molar-refractivity contribution is -0.161. The number of hydrogen-bond donors (Lipinski definition) is 1. The van der Waals surface area contributed by atoms with Crippen molar-refractivity contribution < 1.29 is 19.1 Å². The number of ether oxygens (including phenoxy) is 2. The van der Waals surface area contributed by atoms with Crippen molar-refractivity contribution in [3.63, 3.8) is 0 Å². The number of fused-ring (bicyclic) bond motifs is 1. The number of anilines is 1. The Labute approximate surface area is 181 Å². The van der Waals surface area contributed by atoms with Crippen molar-refractivity contribution >= 4 is 28.8 Å². The molecule has 1 N–H and O–H groups in total. The molecule has 9 heteroatoms. The van der Waals surface area contributed by atoms with Gasteiger partial charge < -0.3 is 19.4 Å². The monoisotopic (exact) mass is 432 g/mol. The molecule has 0 radical (unpaired) electrons. The molecule has 1 unspecified atom stereocenters. The quantitative estimate of drug-likeness (QED) is 0.733. The predicted octanol–water partition coefficient (Wildman–Crippen LogP) is 2.63. The Bertz CT molecular complexity index is 1040. The fraction of sp³-hybridized carbons (Fsp3) is 0.591. The molecule has 2 heterocycles. The van der Waals surface area contributed by atoms with E-state index in [1.165, 1.54) is 4.90 Å². The van der Waals surface area contributed by atoms with Crippen LogP contribution in [0.2, 0.25) is 0 Å². The summed E-state index contributed by atoms with van der Waals surface area (Å²) in [6.45, 7) is 11.8. The fourth-order valence-electron chi connectivity index (χ4n) is 3.54. The minimum absolute atomic E-state index is 0.187. The van der Waals surface area contributed by atoms with Crippen LogP contribution in [0.3, 0.4) is 0 Å². The number of aromatic nitrogens is 2. The summed E-state index contributed by atoms with van der Waals surface area (Å²) in [7, 11) is 1.70. The van der Waals surface area contributed by atoms with Gasteiger partial charge in [-0.25, -0.2) is 14.4 Å². The molecule has 0 spiro atoms. The predicted molar refractivity (Wildman–Crippen MR) is 118 cm³/mol. The van der Waals surface area contributed by atoms with Crippen LogP contribution in [0, 0.1) is 0 Å². The Morgan fingerprint density at radius 3 is 2.29 bits per heavy atom. The number of H-pyrrole nitrogens is 1. The van der Waals surface area contributed by atoms with Gasteiger partial charge in [0.25, 0.3) is 0 Å². The molecule has 31 heavy (non-hydrogen) atoms. The van der Waals surface area contributed by atoms with Gasteiger partial charge in [-0.15, -0.1) is 0 Å². The SMILES string of the molecule is Cn1c(=O)[nH]c2ccc(N3CCN(C(=O)OC(C)(C)C)C(C(=O)OC(C)(C)C)C3)cc21. The second kappa shape index (κ2) is 7.94. The number of benzene rings is 1. The van der Waals surface area contributed by atoms with Gasteiger partial charge in [0, 0.05) is 32.4 Å². The van der Waals surface area contributed by atoms with Crippen LogP contribution in [0.15, 0.2) is 23.0 Å². The number of aryl methyl sites for hydroxylation is 1. The fourth-order valence-corrected chi connectivity index (χ4v) is 3.54. The second-order valence-corrected chi connectivity index (χ2v) is 9.86. The average molecular weight is 433 g/mol. The number of nitrogens with one attached hydrogen (secondary N) is 1. The molecular formula is C22H32N4O5. The molecule has 9 nitrogen and oxygen atoms in total. The molecule has 170 valence electrons. The summed E-state index contributed by atoms with van der Waals surface area (Å²) in [4.78, 5) is 44.0. The maximum Gasteiger partial charge on any atom is 0.411 e. The van der Waals surface area contributed by atoms with Crippen molar-refractivity contribution in [3.8, 4) is 0 Å². The highest BCUT2D eigenvalue weighted by Crippen LogP contribution is 2.25. The first-order valence-corrected chi connectivity index (χ1v) is 10.4. The summed E-state index contributed by atoms with van der Waals surface area (Å²) in [6.07, 6.45) is -0.536. The molecule has 1 aliphatic heterocycles. The van der Waals surface area contributed by atoms with E-state index in [1.54, 1.807) is 53.2 Å². The van der Waals surface area contributed by atoms with Crippen LogP contribution in [0.4, 0.5) is 10.5 Å². The van der Waals surface area contributed by atoms with Crippen LogP contribution < -0.4 is 10.6 Å². The molecule has 0 bridgehead atoms. The molecule has 1 aliphatic rings. The first-order chi connectivity index (χ1) is 14.2. The van der Waals surface area contributed by atoms with Crippen molar-refractivity contribution in [2.45, 2.75) is 58.8 Å². The molecule has 1 atom stereocenters. The van der Waals surface area contributed by atoms with Crippen LogP contribution in [0.1, 0.15) is 41.5 Å². The average Bonchev–Trinajstić information content (AvgIpc) is 2.92. The third-order valence-electron chi connectivity index (χ3n) is 4.94. The molecule has 1 amide bonds. The summed E-state index contributed by atoms with van der Waals surface area (Å²) in [5, 5.41) is 0. The van der Waals surface area contributed by atoms with Gasteiger partial charge in [-0.1, -0.05) is 0 Å². The van der Waals surface area contributed by atoms with E-state index >= 15 is 0 Å². The first-order valence-electron chi connectivity index (χ1n) is 10.4. The zero-order valence-electron chi connectivity index (χ0n) is 19.3. The lowest BCUT2D eigenvalue weighted by Crippen LogP contribution is -2.60. The van der Waals surface area contributed by atoms with Gasteiger partial charge >= 0.3 is 17.8 Å². The zero-order valence-corrected chi connectivity index (χ0v) is 19.3. The number of imidazole rings is 1. The number of nitrogens with zero attached hydrogens (tertiary/aromatic N) is 3. The van der Waals surface area contributed by atoms with E-state index in [-0.39, 0.29) is 12.2 Å². The Balaban J connectivity index is 1.89. The van der Waals surface area contributed by atoms with Gasteiger partial charge in [0.1, 0.15) is 11.2 Å². The van der Waals surface area contributed by atoms with Crippen molar-refractivity contribution in [2.24, 2.45) is 7.05 Å². The van der Waals surface area contributed by atoms with Crippen LogP contribution in [-0.2, 0) is 21.3 Å². The number of carbonyl (C=O) groups excluding carboxylic acids is 2. The topological polar surface area (TPSA) is 96.9 Å². The lowest BCUT2D eigenvalue weighted by Gasteiger charge is -2.42. The smallest absolute Gasteiger partial charge is 0.411 e. The van der Waals surface area contributed by atoms with Gasteiger partial charge in [-0.2, -0.15) is 0 Å². The third kappa shape index (κ3) is 5.21. The highest BCUT2D eigenvalue weighted by atomic mass is 16.6. The Morgan fingerprint density at radius 1 is 1.03 bits per heavy atom. The van der Waals surface area contributed by atoms with E-state index in [1.807, 2.05) is 23.1 Å². The first kappa shape index (κ1) is 22.7. The van der Waals surface area contributed by atoms with Crippen molar-refractivity contribution in [1.29, 1.82) is 0 Å². The molecule has 2 aromatic rings. The number of piperazine rings is 1. The third-order valence-corrected chi connectivity index (χ3v) is 4.94. The van der Waals surface area contributed by atoms with E-state index in [2.05, 4.69) is 4.98 Å². The lowest BCUT2D eigenvalue weighted by atomic mass is 10.1. The summed E-state index contributed by atoms with van der Waals surface area (Å²) in [5.74, 6) is -0.474. The minimum atomic E-state index is -0.812. The molecule has 1 fully saturated rings. The minimum Gasteiger partial charge on any atom is -0.458 e. The van der Waals surface area contributed by atoms with E-state index < -0.39 is 29.3 Å². The van der Waals surface area contributed by atoms with Crippen LogP contribution in [0.5, 0.6) is 0 Å². The summed E-state index contributed by atoms with van der Waals surface area (Å²) >= 11 is 0. The molecule has 3 rings (SSSR count). The molecule has 1 saturated heterocycles. The maximum absolute atomic E-state index is 13.0. The number of esters is 1. The zero-order chi connectivity index (χ0) is 23.1. The molecule has 0 aliphatic carbocycles. The summed E-state index contributed by atoms with van der Waals surface area (Å²) < 4.78 is 12.7. The summed E-state index contributed by atoms with van der Waals surface area (Å²) in [5.41, 5.74) is 0.837. The largest absolute Gasteiger partial charge is 0.458 e. The van der Waals surface area contributed by atoms with Crippen molar-refractivity contribution in [2.75, 3.05) is 24.5 Å². The van der Waals surface area contributed by atoms with E-state index in [9.17, 15) is 14.4 Å². The number of amides is 1. The highest BCUT2D eigenvalue weighted by molar-refractivity contribution is 5.84. The van der Waals surface area contributed by atoms with E-state index in [4.69, 9.17) is 9.47 Å². The Hall–Kier alpha value is -2.97. The highest BCUT2D eigenvalue weighted by Gasteiger charge is 2.40. The van der Waals surface area contributed by atoms with Crippen LogP contribution in [0.25, 0.3) is 11.0 Å². The van der Waals surface area contributed by atoms with Crippen molar-refractivity contribution in [1.82, 2.24) is 14.5 Å². The Morgan fingerprint density at radius 2 is 1.68 bits per heavy atom. The van der Waals surface area contributed by atoms with Crippen LogP contribution in [-0.4, -0.2) is 63.4 Å². The van der Waals surface area contributed by atoms with Gasteiger partial charge in [0.2, 0.25) is 0 Å². The van der Waals surface area contributed by atoms with Gasteiger partial charge in [-0.05, 0) is 59.7 Å². The number of aromatic amines is 1. The van der Waals surface area contributed by atoms with Gasteiger partial charge in [0.15, 0.2) is 6.04 Å². The van der Waals surface area contributed by atoms with E-state index in [0.29, 0.717) is 13.1 Å². The Kier molecular flexibility index (Phi) is 5.82. The van der Waals surface area contributed by atoms with Gasteiger partial charge in [-0.3, -0.25) is 9.47 Å². The number of carbonyl (C=O) groups is 2. The van der Waals surface area contributed by atoms with Gasteiger partial charge in [0.05, 0.1) is 11.0 Å². The summed E-state index contributed by atoms with van der Waals surface area (Å²) in [6, 6.07) is 4.83. The molecule has 0 saturated carbocycles. The standard InChI is InChI=1S/C22H32N4O5/c1-21(2,3)30-18(27)17-13-25(10-11-26(17)20(29)31-22(4,5)6)14-8-9-15-16(12-14)24(7)19(28)23-15/h8-9,12,17H,10-11,13H2,1-7H3,(H,23,28). The van der Waals surface area contributed by atoms with Crippen LogP contribution >= 0.6 is 0 Å². The molecular weight excluding hydrogens is 400 g/mol. The second-order valence-electron chi connectivity index (χ2n) is 9.86. The molecule has 1 aromatic heterocycles. The molecule has 1 aromatic carbocycles. The normalized spacial score (nSPS) is 17.7. The van der Waals surface area contributed by atoms with E-state index in [0.717, 1.165) is 16.7 Å².